The Morgan fingerprint density at radius 2 is 1.80 bits per heavy atom. The van der Waals surface area contributed by atoms with Gasteiger partial charge in [0.1, 0.15) is 0 Å². The summed E-state index contributed by atoms with van der Waals surface area (Å²) < 4.78 is 10.5. The quantitative estimate of drug-likeness (QED) is 0.783. The Kier molecular flexibility index (Phi) is 7.56. The number of likely N-dealkylation sites (tertiary alicyclic amines) is 1. The highest BCUT2D eigenvalue weighted by atomic mass is 16.5. The number of nitrogens with zero attached hydrogens (tertiary/aromatic N) is 1. The summed E-state index contributed by atoms with van der Waals surface area (Å²) in [5, 5.41) is 3.11. The summed E-state index contributed by atoms with van der Waals surface area (Å²) in [7, 11) is 3.17. The van der Waals surface area contributed by atoms with E-state index in [-0.39, 0.29) is 5.91 Å². The van der Waals surface area contributed by atoms with Crippen molar-refractivity contribution in [3.8, 4) is 11.5 Å². The molecule has 1 saturated heterocycles. The Morgan fingerprint density at radius 1 is 1.12 bits per heavy atom. The number of benzene rings is 1. The third kappa shape index (κ3) is 5.63. The van der Waals surface area contributed by atoms with Crippen molar-refractivity contribution in [2.45, 2.75) is 45.6 Å². The Balaban J connectivity index is 1.99. The van der Waals surface area contributed by atoms with Crippen molar-refractivity contribution in [1.82, 2.24) is 10.2 Å². The molecule has 0 radical (unpaired) electrons. The third-order valence-electron chi connectivity index (χ3n) is 4.79. The van der Waals surface area contributed by atoms with Gasteiger partial charge in [0.25, 0.3) is 5.91 Å². The zero-order valence-electron chi connectivity index (χ0n) is 16.0. The fourth-order valence-corrected chi connectivity index (χ4v) is 3.48. The van der Waals surface area contributed by atoms with Gasteiger partial charge < -0.3 is 14.8 Å². The molecule has 1 unspecified atom stereocenters. The van der Waals surface area contributed by atoms with Crippen LogP contribution in [0, 0.1) is 5.92 Å². The van der Waals surface area contributed by atoms with E-state index in [0.717, 1.165) is 19.5 Å². The maximum atomic E-state index is 12.6. The fourth-order valence-electron chi connectivity index (χ4n) is 3.48. The molecule has 1 aromatic carbocycles. The maximum absolute atomic E-state index is 12.6. The molecule has 0 bridgehead atoms. The van der Waals surface area contributed by atoms with E-state index in [2.05, 4.69) is 24.1 Å². The molecule has 0 aliphatic carbocycles. The van der Waals surface area contributed by atoms with Crippen LogP contribution >= 0.6 is 0 Å². The van der Waals surface area contributed by atoms with Crippen LogP contribution in [0.25, 0.3) is 0 Å². The van der Waals surface area contributed by atoms with Crippen molar-refractivity contribution in [1.29, 1.82) is 0 Å². The number of amides is 1. The Hall–Kier alpha value is -1.75. The van der Waals surface area contributed by atoms with Gasteiger partial charge in [-0.25, -0.2) is 0 Å². The summed E-state index contributed by atoms with van der Waals surface area (Å²) in [6, 6.07) is 5.68. The van der Waals surface area contributed by atoms with Crippen molar-refractivity contribution in [2.75, 3.05) is 33.9 Å². The van der Waals surface area contributed by atoms with E-state index >= 15 is 0 Å². The second-order valence-electron chi connectivity index (χ2n) is 7.16. The van der Waals surface area contributed by atoms with E-state index in [9.17, 15) is 4.79 Å². The molecule has 1 atom stereocenters. The topological polar surface area (TPSA) is 50.8 Å². The van der Waals surface area contributed by atoms with Crippen LogP contribution < -0.4 is 14.8 Å². The molecule has 0 spiro atoms. The van der Waals surface area contributed by atoms with Crippen molar-refractivity contribution < 1.29 is 14.3 Å². The molecule has 1 fully saturated rings. The number of hydrogen-bond donors (Lipinski definition) is 1. The normalized spacial score (nSPS) is 16.5. The number of piperidine rings is 1. The maximum Gasteiger partial charge on any atom is 0.251 e. The van der Waals surface area contributed by atoms with Crippen molar-refractivity contribution in [3.63, 3.8) is 0 Å². The number of methoxy groups -OCH3 is 2. The van der Waals surface area contributed by atoms with Crippen LogP contribution in [0.3, 0.4) is 0 Å². The first-order valence-corrected chi connectivity index (χ1v) is 9.29. The standard InChI is InChI=1S/C20H32N2O3/c1-15(2)12-17(22-10-6-5-7-11-22)14-21-20(23)16-8-9-18(24-3)19(13-16)25-4/h8-9,13,15,17H,5-7,10-12,14H2,1-4H3,(H,21,23). The SMILES string of the molecule is COc1ccc(C(=O)NCC(CC(C)C)N2CCCCC2)cc1OC. The average molecular weight is 348 g/mol. The molecular weight excluding hydrogens is 316 g/mol. The van der Waals surface area contributed by atoms with Gasteiger partial charge in [0, 0.05) is 18.2 Å². The lowest BCUT2D eigenvalue weighted by molar-refractivity contribution is 0.0913. The third-order valence-corrected chi connectivity index (χ3v) is 4.79. The summed E-state index contributed by atoms with van der Waals surface area (Å²) in [5.74, 6) is 1.76. The Bertz CT molecular complexity index is 554. The smallest absolute Gasteiger partial charge is 0.251 e. The van der Waals surface area contributed by atoms with Gasteiger partial charge in [-0.2, -0.15) is 0 Å². The first-order valence-electron chi connectivity index (χ1n) is 9.29. The van der Waals surface area contributed by atoms with Crippen LogP contribution in [0.2, 0.25) is 0 Å². The number of nitrogens with one attached hydrogen (secondary N) is 1. The Labute approximate surface area is 151 Å². The minimum Gasteiger partial charge on any atom is -0.493 e. The minimum absolute atomic E-state index is 0.0632. The number of hydrogen-bond acceptors (Lipinski definition) is 4. The lowest BCUT2D eigenvalue weighted by Gasteiger charge is -2.35. The van der Waals surface area contributed by atoms with E-state index in [0.29, 0.717) is 35.6 Å². The van der Waals surface area contributed by atoms with Gasteiger partial charge in [-0.15, -0.1) is 0 Å². The number of carbonyl (C=O) groups excluding carboxylic acids is 1. The van der Waals surface area contributed by atoms with Crippen LogP contribution in [-0.4, -0.2) is 50.7 Å². The van der Waals surface area contributed by atoms with Gasteiger partial charge in [-0.05, 0) is 56.5 Å². The molecule has 0 saturated carbocycles. The summed E-state index contributed by atoms with van der Waals surface area (Å²) in [5.41, 5.74) is 0.597. The van der Waals surface area contributed by atoms with Crippen molar-refractivity contribution >= 4 is 5.91 Å². The lowest BCUT2D eigenvalue weighted by atomic mass is 9.99. The zero-order chi connectivity index (χ0) is 18.2. The highest BCUT2D eigenvalue weighted by Gasteiger charge is 2.22. The zero-order valence-corrected chi connectivity index (χ0v) is 16.0. The van der Waals surface area contributed by atoms with Gasteiger partial charge in [0.05, 0.1) is 14.2 Å². The van der Waals surface area contributed by atoms with Crippen LogP contribution in [0.1, 0.15) is 49.9 Å². The minimum atomic E-state index is -0.0632. The fraction of sp³-hybridized carbons (Fsp3) is 0.650. The summed E-state index contributed by atoms with van der Waals surface area (Å²) in [4.78, 5) is 15.1. The average Bonchev–Trinajstić information content (AvgIpc) is 2.64. The van der Waals surface area contributed by atoms with Crippen LogP contribution in [0.4, 0.5) is 0 Å². The van der Waals surface area contributed by atoms with Gasteiger partial charge in [0.15, 0.2) is 11.5 Å². The second-order valence-corrected chi connectivity index (χ2v) is 7.16. The van der Waals surface area contributed by atoms with Gasteiger partial charge in [0.2, 0.25) is 0 Å². The molecular formula is C20H32N2O3. The molecule has 5 heteroatoms. The van der Waals surface area contributed by atoms with E-state index in [4.69, 9.17) is 9.47 Å². The molecule has 1 N–H and O–H groups in total. The van der Waals surface area contributed by atoms with E-state index in [1.54, 1.807) is 32.4 Å². The number of carbonyl (C=O) groups is 1. The predicted molar refractivity (Wildman–Crippen MR) is 101 cm³/mol. The molecule has 0 aromatic heterocycles. The van der Waals surface area contributed by atoms with E-state index < -0.39 is 0 Å². The molecule has 1 aromatic rings. The summed E-state index contributed by atoms with van der Waals surface area (Å²) in [6.45, 7) is 7.46. The van der Waals surface area contributed by atoms with Crippen LogP contribution in [0.5, 0.6) is 11.5 Å². The van der Waals surface area contributed by atoms with Gasteiger partial charge in [-0.1, -0.05) is 20.3 Å². The molecule has 1 aliphatic heterocycles. The number of rotatable bonds is 8. The van der Waals surface area contributed by atoms with Crippen LogP contribution in [-0.2, 0) is 0 Å². The second kappa shape index (κ2) is 9.66. The van der Waals surface area contributed by atoms with Gasteiger partial charge in [-0.3, -0.25) is 9.69 Å². The van der Waals surface area contributed by atoms with Crippen LogP contribution in [0.15, 0.2) is 18.2 Å². The van der Waals surface area contributed by atoms with Crippen molar-refractivity contribution in [3.05, 3.63) is 23.8 Å². The summed E-state index contributed by atoms with van der Waals surface area (Å²) in [6.07, 6.45) is 4.95. The molecule has 2 rings (SSSR count). The predicted octanol–water partition coefficient (Wildman–Crippen LogP) is 3.33. The monoisotopic (exact) mass is 348 g/mol. The largest absolute Gasteiger partial charge is 0.493 e. The molecule has 1 heterocycles. The molecule has 25 heavy (non-hydrogen) atoms. The highest BCUT2D eigenvalue weighted by Crippen LogP contribution is 2.27. The lowest BCUT2D eigenvalue weighted by Crippen LogP contribution is -2.46. The molecule has 1 amide bonds. The molecule has 1 aliphatic rings. The first kappa shape index (κ1) is 19.6. The van der Waals surface area contributed by atoms with Gasteiger partial charge >= 0.3 is 0 Å². The number of ether oxygens (including phenoxy) is 2. The van der Waals surface area contributed by atoms with E-state index in [1.165, 1.54) is 19.3 Å². The van der Waals surface area contributed by atoms with Crippen molar-refractivity contribution in [2.24, 2.45) is 5.92 Å². The Morgan fingerprint density at radius 3 is 2.40 bits per heavy atom. The summed E-state index contributed by atoms with van der Waals surface area (Å²) >= 11 is 0. The first-order chi connectivity index (χ1) is 12.0. The molecule has 5 nitrogen and oxygen atoms in total. The molecule has 140 valence electrons. The highest BCUT2D eigenvalue weighted by molar-refractivity contribution is 5.94. The van der Waals surface area contributed by atoms with E-state index in [1.807, 2.05) is 0 Å².